The van der Waals surface area contributed by atoms with Gasteiger partial charge in [0, 0.05) is 11.6 Å². The van der Waals surface area contributed by atoms with Crippen LogP contribution in [0.3, 0.4) is 0 Å². The third kappa shape index (κ3) is 3.48. The number of carboxylic acid groups (broad SMARTS) is 1. The number of ether oxygens (including phenoxy) is 1. The second kappa shape index (κ2) is 6.48. The number of carbonyl (C=O) groups is 1. The molecule has 6 heteroatoms. The Kier molecular flexibility index (Phi) is 4.64. The minimum atomic E-state index is -1.41. The summed E-state index contributed by atoms with van der Waals surface area (Å²) in [7, 11) is 0. The molecule has 2 rings (SSSR count). The number of nitro groups is 1. The second-order valence-corrected chi connectivity index (χ2v) is 5.28. The van der Waals surface area contributed by atoms with Crippen LogP contribution in [0.15, 0.2) is 48.5 Å². The molecule has 0 N–H and O–H groups in total. The second-order valence-electron chi connectivity index (χ2n) is 5.28. The number of rotatable bonds is 6. The first-order valence-electron chi connectivity index (χ1n) is 7.11. The van der Waals surface area contributed by atoms with Crippen molar-refractivity contribution in [3.8, 4) is 5.75 Å². The minimum Gasteiger partial charge on any atom is -0.545 e. The molecule has 0 saturated heterocycles. The summed E-state index contributed by atoms with van der Waals surface area (Å²) in [5.41, 5.74) is -0.435. The van der Waals surface area contributed by atoms with Gasteiger partial charge in [-0.15, -0.1) is 0 Å². The van der Waals surface area contributed by atoms with Crippen LogP contribution in [-0.4, -0.2) is 10.9 Å². The number of nitrogens with zero attached hydrogens (tertiary/aromatic N) is 1. The lowest BCUT2D eigenvalue weighted by Crippen LogP contribution is -2.29. The van der Waals surface area contributed by atoms with E-state index in [-0.39, 0.29) is 17.0 Å². The van der Waals surface area contributed by atoms with Gasteiger partial charge in [-0.25, -0.2) is 0 Å². The summed E-state index contributed by atoms with van der Waals surface area (Å²) in [5, 5.41) is 22.2. The lowest BCUT2D eigenvalue weighted by molar-refractivity contribution is -0.386. The van der Waals surface area contributed by atoms with Crippen molar-refractivity contribution < 1.29 is 19.6 Å². The Hall–Kier alpha value is -2.89. The van der Waals surface area contributed by atoms with Crippen LogP contribution in [0, 0.1) is 10.1 Å². The fourth-order valence-electron chi connectivity index (χ4n) is 2.24. The third-order valence-electron chi connectivity index (χ3n) is 3.79. The average molecular weight is 314 g/mol. The predicted molar refractivity (Wildman–Crippen MR) is 82.1 cm³/mol. The highest BCUT2D eigenvalue weighted by molar-refractivity contribution is 5.87. The molecule has 0 spiro atoms. The number of carboxylic acids is 1. The Bertz CT molecular complexity index is 729. The van der Waals surface area contributed by atoms with Gasteiger partial charge in [0.25, 0.3) is 0 Å². The van der Waals surface area contributed by atoms with E-state index in [9.17, 15) is 20.0 Å². The van der Waals surface area contributed by atoms with E-state index in [2.05, 4.69) is 0 Å². The van der Waals surface area contributed by atoms with Crippen LogP contribution in [0.2, 0.25) is 0 Å². The van der Waals surface area contributed by atoms with Gasteiger partial charge in [0.05, 0.1) is 10.9 Å². The highest BCUT2D eigenvalue weighted by Crippen LogP contribution is 2.36. The van der Waals surface area contributed by atoms with Crippen molar-refractivity contribution >= 4 is 11.7 Å². The molecule has 2 aromatic rings. The summed E-state index contributed by atoms with van der Waals surface area (Å²) in [6.07, 6.45) is 0.545. The van der Waals surface area contributed by atoms with Crippen LogP contribution in [-0.2, 0) is 5.60 Å². The fraction of sp³-hybridized carbons (Fsp3) is 0.235. The Morgan fingerprint density at radius 3 is 2.39 bits per heavy atom. The smallest absolute Gasteiger partial charge is 0.311 e. The van der Waals surface area contributed by atoms with Crippen LogP contribution >= 0.6 is 0 Å². The zero-order valence-corrected chi connectivity index (χ0v) is 12.8. The maximum Gasteiger partial charge on any atom is 0.311 e. The highest BCUT2D eigenvalue weighted by atomic mass is 16.6. The first-order valence-corrected chi connectivity index (χ1v) is 7.11. The normalized spacial score (nSPS) is 13.1. The van der Waals surface area contributed by atoms with Crippen molar-refractivity contribution in [2.45, 2.75) is 25.9 Å². The first kappa shape index (κ1) is 16.5. The van der Waals surface area contributed by atoms with E-state index < -0.39 is 16.5 Å². The predicted octanol–water partition coefficient (Wildman–Crippen LogP) is 2.66. The largest absolute Gasteiger partial charge is 0.545 e. The molecule has 2 aromatic carbocycles. The van der Waals surface area contributed by atoms with Crippen molar-refractivity contribution in [1.29, 1.82) is 0 Å². The van der Waals surface area contributed by atoms with Gasteiger partial charge in [-0.1, -0.05) is 37.3 Å². The van der Waals surface area contributed by atoms with Crippen LogP contribution in [0.4, 0.5) is 5.69 Å². The van der Waals surface area contributed by atoms with Gasteiger partial charge >= 0.3 is 5.69 Å². The number of nitro benzene ring substituents is 1. The van der Waals surface area contributed by atoms with E-state index >= 15 is 0 Å². The minimum absolute atomic E-state index is 0.0927. The zero-order valence-electron chi connectivity index (χ0n) is 12.8. The Balaban J connectivity index is 2.49. The van der Waals surface area contributed by atoms with Gasteiger partial charge in [-0.3, -0.25) is 10.1 Å². The number of benzene rings is 2. The lowest BCUT2D eigenvalue weighted by atomic mass is 9.93. The molecule has 23 heavy (non-hydrogen) atoms. The van der Waals surface area contributed by atoms with Gasteiger partial charge in [-0.2, -0.15) is 0 Å². The van der Waals surface area contributed by atoms with Crippen molar-refractivity contribution in [3.05, 3.63) is 69.8 Å². The maximum absolute atomic E-state index is 11.2. The Morgan fingerprint density at radius 2 is 1.87 bits per heavy atom. The maximum atomic E-state index is 11.2. The lowest BCUT2D eigenvalue weighted by Gasteiger charge is -2.30. The topological polar surface area (TPSA) is 92.5 Å². The van der Waals surface area contributed by atoms with Gasteiger partial charge < -0.3 is 14.6 Å². The number of hydrogen-bond acceptors (Lipinski definition) is 5. The van der Waals surface area contributed by atoms with Gasteiger partial charge in [0.2, 0.25) is 0 Å². The molecule has 0 aliphatic rings. The molecule has 0 aliphatic heterocycles. The molecule has 0 aromatic heterocycles. The van der Waals surface area contributed by atoms with E-state index in [0.29, 0.717) is 6.42 Å². The summed E-state index contributed by atoms with van der Waals surface area (Å²) >= 11 is 0. The molecule has 0 amide bonds. The van der Waals surface area contributed by atoms with E-state index in [4.69, 9.17) is 4.74 Å². The van der Waals surface area contributed by atoms with E-state index in [1.54, 1.807) is 6.92 Å². The van der Waals surface area contributed by atoms with Crippen LogP contribution < -0.4 is 9.84 Å². The van der Waals surface area contributed by atoms with Gasteiger partial charge in [-0.05, 0) is 31.0 Å². The highest BCUT2D eigenvalue weighted by Gasteiger charge is 2.30. The molecule has 0 saturated carbocycles. The van der Waals surface area contributed by atoms with E-state index in [1.807, 2.05) is 37.3 Å². The van der Waals surface area contributed by atoms with Crippen LogP contribution in [0.1, 0.15) is 36.2 Å². The molecule has 0 bridgehead atoms. The molecule has 1 atom stereocenters. The van der Waals surface area contributed by atoms with Gasteiger partial charge in [0.15, 0.2) is 5.75 Å². The number of carbonyl (C=O) groups excluding carboxylic acids is 1. The van der Waals surface area contributed by atoms with E-state index in [0.717, 1.165) is 23.8 Å². The van der Waals surface area contributed by atoms with Crippen LogP contribution in [0.5, 0.6) is 5.75 Å². The Labute approximate surface area is 133 Å². The first-order chi connectivity index (χ1) is 10.9. The summed E-state index contributed by atoms with van der Waals surface area (Å²) in [6.45, 7) is 3.69. The molecular weight excluding hydrogens is 298 g/mol. The Morgan fingerprint density at radius 1 is 1.22 bits per heavy atom. The number of aromatic carboxylic acids is 1. The molecule has 120 valence electrons. The molecule has 0 heterocycles. The SMILES string of the molecule is CCC(C)(Oc1cc(C(=O)[O-])ccc1[N+](=O)[O-])c1ccccc1. The quantitative estimate of drug-likeness (QED) is 0.603. The monoisotopic (exact) mass is 314 g/mol. The molecule has 1 unspecified atom stereocenters. The van der Waals surface area contributed by atoms with E-state index in [1.165, 1.54) is 0 Å². The molecule has 0 radical (unpaired) electrons. The van der Waals surface area contributed by atoms with Crippen molar-refractivity contribution in [2.75, 3.05) is 0 Å². The third-order valence-corrected chi connectivity index (χ3v) is 3.79. The van der Waals surface area contributed by atoms with Crippen molar-refractivity contribution in [3.63, 3.8) is 0 Å². The van der Waals surface area contributed by atoms with Crippen LogP contribution in [0.25, 0.3) is 0 Å². The fourth-order valence-corrected chi connectivity index (χ4v) is 2.24. The summed E-state index contributed by atoms with van der Waals surface area (Å²) in [4.78, 5) is 21.6. The number of hydrogen-bond donors (Lipinski definition) is 0. The summed E-state index contributed by atoms with van der Waals surface area (Å²) < 4.78 is 5.89. The molecule has 0 aliphatic carbocycles. The summed E-state index contributed by atoms with van der Waals surface area (Å²) in [5.74, 6) is -1.51. The van der Waals surface area contributed by atoms with Gasteiger partial charge in [0.1, 0.15) is 5.60 Å². The summed E-state index contributed by atoms with van der Waals surface area (Å²) in [6, 6.07) is 12.6. The zero-order chi connectivity index (χ0) is 17.0. The average Bonchev–Trinajstić information content (AvgIpc) is 2.55. The molecule has 6 nitrogen and oxygen atoms in total. The molecule has 0 fully saturated rings. The standard InChI is InChI=1S/C17H17NO5/c1-3-17(2,13-7-5-4-6-8-13)23-15-11-12(16(19)20)9-10-14(15)18(21)22/h4-11H,3H2,1-2H3,(H,19,20)/p-1. The molecular formula is C17H16NO5-. The van der Waals surface area contributed by atoms with Crippen molar-refractivity contribution in [1.82, 2.24) is 0 Å². The van der Waals surface area contributed by atoms with Crippen molar-refractivity contribution in [2.24, 2.45) is 0 Å².